The van der Waals surface area contributed by atoms with Crippen molar-refractivity contribution >= 4 is 5.97 Å². The molecule has 0 radical (unpaired) electrons. The SMILES string of the molecule is COc1ccc(CC#CC(=O)O)cc1C. The van der Waals surface area contributed by atoms with Crippen molar-refractivity contribution in [2.75, 3.05) is 7.11 Å². The summed E-state index contributed by atoms with van der Waals surface area (Å²) in [6, 6.07) is 5.67. The van der Waals surface area contributed by atoms with Gasteiger partial charge in [-0.15, -0.1) is 0 Å². The summed E-state index contributed by atoms with van der Waals surface area (Å²) in [7, 11) is 1.62. The Bertz CT molecular complexity index is 424. The van der Waals surface area contributed by atoms with Crippen LogP contribution in [0.2, 0.25) is 0 Å². The van der Waals surface area contributed by atoms with E-state index in [2.05, 4.69) is 11.8 Å². The van der Waals surface area contributed by atoms with E-state index in [1.807, 2.05) is 25.1 Å². The number of methoxy groups -OCH3 is 1. The van der Waals surface area contributed by atoms with Crippen molar-refractivity contribution < 1.29 is 14.6 Å². The molecule has 1 aromatic carbocycles. The van der Waals surface area contributed by atoms with E-state index in [4.69, 9.17) is 9.84 Å². The third kappa shape index (κ3) is 3.35. The molecular weight excluding hydrogens is 192 g/mol. The van der Waals surface area contributed by atoms with Crippen LogP contribution in [0.15, 0.2) is 18.2 Å². The zero-order valence-corrected chi connectivity index (χ0v) is 8.70. The number of hydrogen-bond acceptors (Lipinski definition) is 2. The largest absolute Gasteiger partial charge is 0.496 e. The maximum absolute atomic E-state index is 10.2. The first kappa shape index (κ1) is 11.1. The van der Waals surface area contributed by atoms with Crippen molar-refractivity contribution in [1.29, 1.82) is 0 Å². The maximum Gasteiger partial charge on any atom is 0.381 e. The second-order valence-electron chi connectivity index (χ2n) is 3.09. The average molecular weight is 204 g/mol. The van der Waals surface area contributed by atoms with E-state index in [-0.39, 0.29) is 0 Å². The van der Waals surface area contributed by atoms with Gasteiger partial charge in [-0.05, 0) is 24.1 Å². The molecule has 0 unspecified atom stereocenters. The molecule has 0 heterocycles. The molecule has 0 spiro atoms. The smallest absolute Gasteiger partial charge is 0.381 e. The van der Waals surface area contributed by atoms with Crippen molar-refractivity contribution in [1.82, 2.24) is 0 Å². The Kier molecular flexibility index (Phi) is 3.75. The highest BCUT2D eigenvalue weighted by molar-refractivity contribution is 5.86. The summed E-state index contributed by atoms with van der Waals surface area (Å²) in [5, 5.41) is 8.33. The molecule has 0 fully saturated rings. The lowest BCUT2D eigenvalue weighted by Gasteiger charge is -2.04. The van der Waals surface area contributed by atoms with Gasteiger partial charge in [0.1, 0.15) is 5.75 Å². The number of benzene rings is 1. The summed E-state index contributed by atoms with van der Waals surface area (Å²) in [5.74, 6) is 4.38. The molecule has 1 rings (SSSR count). The number of carboxylic acid groups (broad SMARTS) is 1. The number of aryl methyl sites for hydroxylation is 1. The Morgan fingerprint density at radius 2 is 2.27 bits per heavy atom. The average Bonchev–Trinajstić information content (AvgIpc) is 2.17. The number of ether oxygens (including phenoxy) is 1. The highest BCUT2D eigenvalue weighted by Crippen LogP contribution is 2.18. The van der Waals surface area contributed by atoms with E-state index in [9.17, 15) is 4.79 Å². The lowest BCUT2D eigenvalue weighted by atomic mass is 10.1. The minimum Gasteiger partial charge on any atom is -0.496 e. The van der Waals surface area contributed by atoms with E-state index in [1.54, 1.807) is 7.11 Å². The van der Waals surface area contributed by atoms with Gasteiger partial charge < -0.3 is 9.84 Å². The Hall–Kier alpha value is -1.95. The number of hydrogen-bond donors (Lipinski definition) is 1. The summed E-state index contributed by atoms with van der Waals surface area (Å²) >= 11 is 0. The Labute approximate surface area is 88.7 Å². The van der Waals surface area contributed by atoms with Crippen LogP contribution in [0.1, 0.15) is 11.1 Å². The van der Waals surface area contributed by atoms with E-state index in [0.29, 0.717) is 6.42 Å². The minimum atomic E-state index is -1.10. The van der Waals surface area contributed by atoms with Crippen LogP contribution in [0.5, 0.6) is 5.75 Å². The molecule has 0 aliphatic carbocycles. The minimum absolute atomic E-state index is 0.442. The lowest BCUT2D eigenvalue weighted by molar-refractivity contribution is -0.130. The van der Waals surface area contributed by atoms with Gasteiger partial charge in [0.05, 0.1) is 7.11 Å². The molecule has 0 amide bonds. The van der Waals surface area contributed by atoms with Crippen LogP contribution >= 0.6 is 0 Å². The molecule has 0 atom stereocenters. The Morgan fingerprint density at radius 1 is 1.53 bits per heavy atom. The van der Waals surface area contributed by atoms with Gasteiger partial charge in [-0.1, -0.05) is 18.1 Å². The molecule has 0 aliphatic heterocycles. The fourth-order valence-electron chi connectivity index (χ4n) is 1.27. The van der Waals surface area contributed by atoms with Gasteiger partial charge in [-0.3, -0.25) is 0 Å². The summed E-state index contributed by atoms with van der Waals surface area (Å²) in [6.45, 7) is 1.94. The molecule has 15 heavy (non-hydrogen) atoms. The number of aliphatic carboxylic acids is 1. The molecule has 78 valence electrons. The zero-order valence-electron chi connectivity index (χ0n) is 8.70. The summed E-state index contributed by atoms with van der Waals surface area (Å²) in [5.41, 5.74) is 2.01. The van der Waals surface area contributed by atoms with Crippen molar-refractivity contribution in [2.24, 2.45) is 0 Å². The van der Waals surface area contributed by atoms with Crippen molar-refractivity contribution in [3.05, 3.63) is 29.3 Å². The first-order chi connectivity index (χ1) is 7.13. The van der Waals surface area contributed by atoms with Gasteiger partial charge >= 0.3 is 5.97 Å². The summed E-state index contributed by atoms with van der Waals surface area (Å²) in [6.07, 6.45) is 0.442. The second-order valence-corrected chi connectivity index (χ2v) is 3.09. The third-order valence-electron chi connectivity index (χ3n) is 1.95. The van der Waals surface area contributed by atoms with E-state index >= 15 is 0 Å². The molecule has 0 saturated heterocycles. The van der Waals surface area contributed by atoms with Crippen molar-refractivity contribution in [3.63, 3.8) is 0 Å². The van der Waals surface area contributed by atoms with Gasteiger partial charge in [0.25, 0.3) is 0 Å². The van der Waals surface area contributed by atoms with Gasteiger partial charge in [-0.2, -0.15) is 0 Å². The predicted molar refractivity (Wildman–Crippen MR) is 56.8 cm³/mol. The molecule has 1 aromatic rings. The monoisotopic (exact) mass is 204 g/mol. The molecule has 0 saturated carbocycles. The molecule has 3 heteroatoms. The lowest BCUT2D eigenvalue weighted by Crippen LogP contribution is -1.91. The van der Waals surface area contributed by atoms with Gasteiger partial charge in [-0.25, -0.2) is 4.79 Å². The van der Waals surface area contributed by atoms with Gasteiger partial charge in [0.2, 0.25) is 0 Å². The maximum atomic E-state index is 10.2. The quantitative estimate of drug-likeness (QED) is 0.745. The number of rotatable bonds is 2. The molecule has 3 nitrogen and oxygen atoms in total. The van der Waals surface area contributed by atoms with Crippen LogP contribution in [0.4, 0.5) is 0 Å². The molecule has 0 aliphatic rings. The van der Waals surface area contributed by atoms with Crippen LogP contribution in [0, 0.1) is 18.8 Å². The van der Waals surface area contributed by atoms with Crippen LogP contribution in [-0.2, 0) is 11.2 Å². The second kappa shape index (κ2) is 5.06. The Balaban J connectivity index is 2.77. The molecule has 0 bridgehead atoms. The number of carbonyl (C=O) groups is 1. The van der Waals surface area contributed by atoms with Crippen LogP contribution in [-0.4, -0.2) is 18.2 Å². The van der Waals surface area contributed by atoms with Crippen LogP contribution in [0.3, 0.4) is 0 Å². The van der Waals surface area contributed by atoms with E-state index in [1.165, 1.54) is 0 Å². The van der Waals surface area contributed by atoms with Crippen LogP contribution in [0.25, 0.3) is 0 Å². The van der Waals surface area contributed by atoms with Gasteiger partial charge in [0, 0.05) is 12.3 Å². The van der Waals surface area contributed by atoms with Crippen molar-refractivity contribution in [3.8, 4) is 17.6 Å². The Morgan fingerprint density at radius 3 is 2.80 bits per heavy atom. The molecular formula is C12H12O3. The molecule has 1 N–H and O–H groups in total. The summed E-state index contributed by atoms with van der Waals surface area (Å²) in [4.78, 5) is 10.2. The highest BCUT2D eigenvalue weighted by Gasteiger charge is 1.98. The first-order valence-electron chi connectivity index (χ1n) is 4.49. The number of carboxylic acids is 1. The third-order valence-corrected chi connectivity index (χ3v) is 1.95. The summed E-state index contributed by atoms with van der Waals surface area (Å²) < 4.78 is 5.11. The highest BCUT2D eigenvalue weighted by atomic mass is 16.5. The van der Waals surface area contributed by atoms with E-state index < -0.39 is 5.97 Å². The zero-order chi connectivity index (χ0) is 11.3. The van der Waals surface area contributed by atoms with Crippen LogP contribution < -0.4 is 4.74 Å². The van der Waals surface area contributed by atoms with Gasteiger partial charge in [0.15, 0.2) is 0 Å². The van der Waals surface area contributed by atoms with Crippen molar-refractivity contribution in [2.45, 2.75) is 13.3 Å². The fraction of sp³-hybridized carbons (Fsp3) is 0.250. The fourth-order valence-corrected chi connectivity index (χ4v) is 1.27. The first-order valence-corrected chi connectivity index (χ1v) is 4.49. The predicted octanol–water partition coefficient (Wildman–Crippen LogP) is 1.63. The standard InChI is InChI=1S/C12H12O3/c1-9-8-10(4-3-5-12(13)14)6-7-11(9)15-2/h6-8H,4H2,1-2H3,(H,13,14). The topological polar surface area (TPSA) is 46.5 Å². The molecule has 0 aromatic heterocycles. The normalized spacial score (nSPS) is 8.93. The van der Waals surface area contributed by atoms with E-state index in [0.717, 1.165) is 16.9 Å².